The molecule has 0 aromatic carbocycles. The van der Waals surface area contributed by atoms with Crippen molar-refractivity contribution in [2.24, 2.45) is 0 Å². The zero-order valence-corrected chi connectivity index (χ0v) is 11.9. The number of thiophene rings is 1. The van der Waals surface area contributed by atoms with E-state index in [1.54, 1.807) is 28.7 Å². The van der Waals surface area contributed by atoms with Crippen LogP contribution in [-0.4, -0.2) is 10.9 Å². The van der Waals surface area contributed by atoms with Crippen molar-refractivity contribution in [2.45, 2.75) is 20.4 Å². The monoisotopic (exact) mass is 278 g/mol. The first-order chi connectivity index (χ1) is 8.65. The Bertz CT molecular complexity index is 569. The molecule has 0 bridgehead atoms. The summed E-state index contributed by atoms with van der Waals surface area (Å²) in [6, 6.07) is 2.06. The van der Waals surface area contributed by atoms with E-state index in [4.69, 9.17) is 0 Å². The van der Waals surface area contributed by atoms with Gasteiger partial charge in [0.2, 0.25) is 5.91 Å². The van der Waals surface area contributed by atoms with Gasteiger partial charge < -0.3 is 5.32 Å². The Balaban J connectivity index is 1.86. The molecule has 0 saturated heterocycles. The number of hydrogen-bond donors (Lipinski definition) is 1. The lowest BCUT2D eigenvalue weighted by atomic mass is 10.3. The second-order valence-electron chi connectivity index (χ2n) is 3.87. The fourth-order valence-electron chi connectivity index (χ4n) is 1.43. The molecular weight excluding hydrogens is 264 g/mol. The molecule has 1 amide bonds. The van der Waals surface area contributed by atoms with Crippen LogP contribution in [0.4, 0.5) is 0 Å². The lowest BCUT2D eigenvalue weighted by Crippen LogP contribution is -2.19. The molecule has 0 aliphatic rings. The van der Waals surface area contributed by atoms with Crippen LogP contribution < -0.4 is 5.32 Å². The van der Waals surface area contributed by atoms with Crippen molar-refractivity contribution in [3.8, 4) is 0 Å². The van der Waals surface area contributed by atoms with E-state index < -0.39 is 0 Å². The molecule has 2 aromatic rings. The number of amides is 1. The fraction of sp³-hybridized carbons (Fsp3) is 0.231. The Kier molecular flexibility index (Phi) is 4.28. The molecule has 5 heteroatoms. The zero-order chi connectivity index (χ0) is 13.0. The van der Waals surface area contributed by atoms with E-state index in [9.17, 15) is 4.79 Å². The molecule has 0 radical (unpaired) electrons. The van der Waals surface area contributed by atoms with Crippen LogP contribution in [0.3, 0.4) is 0 Å². The topological polar surface area (TPSA) is 42.0 Å². The molecule has 0 aliphatic heterocycles. The molecule has 0 spiro atoms. The minimum atomic E-state index is -0.0894. The molecule has 3 nitrogen and oxygen atoms in total. The summed E-state index contributed by atoms with van der Waals surface area (Å²) in [4.78, 5) is 17.1. The number of nitrogens with zero attached hydrogens (tertiary/aromatic N) is 1. The van der Waals surface area contributed by atoms with Gasteiger partial charge in [0.05, 0.1) is 17.2 Å². The first kappa shape index (κ1) is 13.0. The number of aryl methyl sites for hydroxylation is 2. The summed E-state index contributed by atoms with van der Waals surface area (Å²) < 4.78 is 0. The summed E-state index contributed by atoms with van der Waals surface area (Å²) in [5.41, 5.74) is 2.05. The van der Waals surface area contributed by atoms with E-state index in [1.807, 2.05) is 24.6 Å². The Morgan fingerprint density at radius 2 is 2.28 bits per heavy atom. The maximum Gasteiger partial charge on any atom is 0.244 e. The van der Waals surface area contributed by atoms with Gasteiger partial charge in [0.1, 0.15) is 0 Å². The van der Waals surface area contributed by atoms with E-state index in [0.29, 0.717) is 6.54 Å². The number of carbonyl (C=O) groups excluding carboxylic acids is 1. The first-order valence-electron chi connectivity index (χ1n) is 5.56. The molecule has 2 aromatic heterocycles. The van der Waals surface area contributed by atoms with Gasteiger partial charge in [-0.15, -0.1) is 22.7 Å². The third-order valence-corrected chi connectivity index (χ3v) is 4.25. The Morgan fingerprint density at radius 3 is 2.89 bits per heavy atom. The van der Waals surface area contributed by atoms with Crippen LogP contribution in [0, 0.1) is 13.8 Å². The van der Waals surface area contributed by atoms with Gasteiger partial charge in [-0.3, -0.25) is 4.79 Å². The lowest BCUT2D eigenvalue weighted by Gasteiger charge is -2.00. The molecule has 0 aliphatic carbocycles. The van der Waals surface area contributed by atoms with Crippen LogP contribution in [0.5, 0.6) is 0 Å². The van der Waals surface area contributed by atoms with Gasteiger partial charge in [-0.05, 0) is 36.9 Å². The van der Waals surface area contributed by atoms with Gasteiger partial charge in [-0.1, -0.05) is 0 Å². The molecule has 0 atom stereocenters. The number of hydrogen-bond acceptors (Lipinski definition) is 4. The van der Waals surface area contributed by atoms with Gasteiger partial charge in [-0.2, -0.15) is 0 Å². The van der Waals surface area contributed by atoms with Crippen LogP contribution >= 0.6 is 22.7 Å². The van der Waals surface area contributed by atoms with Crippen molar-refractivity contribution in [2.75, 3.05) is 0 Å². The number of rotatable bonds is 4. The average molecular weight is 278 g/mol. The van der Waals surface area contributed by atoms with Crippen LogP contribution in [-0.2, 0) is 11.3 Å². The van der Waals surface area contributed by atoms with Gasteiger partial charge in [0, 0.05) is 16.3 Å². The van der Waals surface area contributed by atoms with Gasteiger partial charge in [0.25, 0.3) is 0 Å². The van der Waals surface area contributed by atoms with Crippen molar-refractivity contribution in [1.82, 2.24) is 10.3 Å². The summed E-state index contributed by atoms with van der Waals surface area (Å²) in [6.45, 7) is 4.58. The van der Waals surface area contributed by atoms with Crippen LogP contribution in [0.25, 0.3) is 6.08 Å². The molecule has 2 heterocycles. The largest absolute Gasteiger partial charge is 0.348 e. The van der Waals surface area contributed by atoms with Crippen LogP contribution in [0.15, 0.2) is 22.9 Å². The Labute approximate surface area is 114 Å². The summed E-state index contributed by atoms with van der Waals surface area (Å²) in [5.74, 6) is -0.0894. The summed E-state index contributed by atoms with van der Waals surface area (Å²) in [6.07, 6.45) is 3.26. The standard InChI is InChI=1S/C13H14N2OS2/c1-9-5-6-17-12(9)7-14-13(16)4-3-11-8-18-10(2)15-11/h3-6,8H,7H2,1-2H3,(H,14,16)/b4-3+. The minimum absolute atomic E-state index is 0.0894. The first-order valence-corrected chi connectivity index (χ1v) is 7.32. The molecule has 18 heavy (non-hydrogen) atoms. The smallest absolute Gasteiger partial charge is 0.244 e. The SMILES string of the molecule is Cc1nc(/C=C/C(=O)NCc2sccc2C)cs1. The van der Waals surface area contributed by atoms with Crippen molar-refractivity contribution < 1.29 is 4.79 Å². The Morgan fingerprint density at radius 1 is 1.44 bits per heavy atom. The summed E-state index contributed by atoms with van der Waals surface area (Å²) >= 11 is 3.24. The fourth-order valence-corrected chi connectivity index (χ4v) is 2.86. The highest BCUT2D eigenvalue weighted by atomic mass is 32.1. The van der Waals surface area contributed by atoms with Gasteiger partial charge >= 0.3 is 0 Å². The molecule has 0 saturated carbocycles. The molecule has 0 unspecified atom stereocenters. The van der Waals surface area contributed by atoms with Crippen molar-refractivity contribution >= 4 is 34.7 Å². The van der Waals surface area contributed by atoms with E-state index in [1.165, 1.54) is 16.5 Å². The lowest BCUT2D eigenvalue weighted by molar-refractivity contribution is -0.116. The van der Waals surface area contributed by atoms with Gasteiger partial charge in [-0.25, -0.2) is 4.98 Å². The quantitative estimate of drug-likeness (QED) is 0.873. The highest BCUT2D eigenvalue weighted by Gasteiger charge is 2.01. The second-order valence-corrected chi connectivity index (χ2v) is 5.93. The third kappa shape index (κ3) is 3.51. The van der Waals surface area contributed by atoms with Crippen LogP contribution in [0.2, 0.25) is 0 Å². The maximum atomic E-state index is 11.6. The van der Waals surface area contributed by atoms with E-state index in [-0.39, 0.29) is 5.91 Å². The highest BCUT2D eigenvalue weighted by molar-refractivity contribution is 7.10. The molecule has 2 rings (SSSR count). The second kappa shape index (κ2) is 5.93. The maximum absolute atomic E-state index is 11.6. The van der Waals surface area contributed by atoms with Crippen molar-refractivity contribution in [3.63, 3.8) is 0 Å². The summed E-state index contributed by atoms with van der Waals surface area (Å²) in [7, 11) is 0. The molecular formula is C13H14N2OS2. The van der Waals surface area contributed by atoms with Crippen molar-refractivity contribution in [3.05, 3.63) is 44.0 Å². The third-order valence-electron chi connectivity index (χ3n) is 2.43. The minimum Gasteiger partial charge on any atom is -0.348 e. The summed E-state index contributed by atoms with van der Waals surface area (Å²) in [5, 5.41) is 7.83. The zero-order valence-electron chi connectivity index (χ0n) is 10.3. The molecule has 1 N–H and O–H groups in total. The van der Waals surface area contributed by atoms with E-state index >= 15 is 0 Å². The predicted octanol–water partition coefficient (Wildman–Crippen LogP) is 3.15. The molecule has 0 fully saturated rings. The number of carbonyl (C=O) groups is 1. The van der Waals surface area contributed by atoms with E-state index in [2.05, 4.69) is 16.4 Å². The van der Waals surface area contributed by atoms with Gasteiger partial charge in [0.15, 0.2) is 0 Å². The number of thiazole rings is 1. The van der Waals surface area contributed by atoms with Crippen molar-refractivity contribution in [1.29, 1.82) is 0 Å². The molecule has 94 valence electrons. The Hall–Kier alpha value is -1.46. The average Bonchev–Trinajstić information content (AvgIpc) is 2.93. The number of nitrogens with one attached hydrogen (secondary N) is 1. The van der Waals surface area contributed by atoms with E-state index in [0.717, 1.165) is 10.7 Å². The highest BCUT2D eigenvalue weighted by Crippen LogP contribution is 2.14. The predicted molar refractivity (Wildman–Crippen MR) is 76.8 cm³/mol. The van der Waals surface area contributed by atoms with Crippen LogP contribution in [0.1, 0.15) is 21.1 Å². The normalized spacial score (nSPS) is 11.0. The number of aromatic nitrogens is 1.